The Labute approximate surface area is 172 Å². The number of hydrogen-bond donors (Lipinski definition) is 2. The Balaban J connectivity index is 1.51. The maximum Gasteiger partial charge on any atom is 0.588 e. The van der Waals surface area contributed by atoms with Crippen molar-refractivity contribution in [2.24, 2.45) is 0 Å². The highest BCUT2D eigenvalue weighted by atomic mass is 31.2. The Morgan fingerprint density at radius 2 is 1.17 bits per heavy atom. The highest BCUT2D eigenvalue weighted by Gasteiger charge is 2.53. The summed E-state index contributed by atoms with van der Waals surface area (Å²) in [5.41, 5.74) is 0. The molecule has 0 spiro atoms. The molecule has 0 amide bonds. The molecule has 2 aromatic carbocycles. The average molecular weight is 458 g/mol. The summed E-state index contributed by atoms with van der Waals surface area (Å²) in [5, 5.41) is 0. The van der Waals surface area contributed by atoms with E-state index >= 15 is 0 Å². The molecule has 10 nitrogen and oxygen atoms in total. The van der Waals surface area contributed by atoms with Gasteiger partial charge < -0.3 is 28.3 Å². The van der Waals surface area contributed by atoms with Gasteiger partial charge in [0.05, 0.1) is 13.2 Å². The molecule has 162 valence electrons. The lowest BCUT2D eigenvalue weighted by molar-refractivity contribution is 0.00269. The van der Waals surface area contributed by atoms with Gasteiger partial charge in [-0.05, 0) is 24.3 Å². The molecule has 0 radical (unpaired) electrons. The molecule has 4 rings (SSSR count). The van der Waals surface area contributed by atoms with E-state index in [1.54, 1.807) is 60.7 Å². The maximum absolute atomic E-state index is 13.5. The van der Waals surface area contributed by atoms with Crippen molar-refractivity contribution >= 4 is 15.6 Å². The van der Waals surface area contributed by atoms with Crippen LogP contribution in [-0.2, 0) is 27.7 Å². The van der Waals surface area contributed by atoms with Crippen LogP contribution in [0.1, 0.15) is 0 Å². The molecule has 4 unspecified atom stereocenters. The lowest BCUT2D eigenvalue weighted by Gasteiger charge is -2.23. The Kier molecular flexibility index (Phi) is 6.29. The first-order chi connectivity index (χ1) is 14.3. The van der Waals surface area contributed by atoms with E-state index < -0.39 is 40.1 Å². The summed E-state index contributed by atoms with van der Waals surface area (Å²) < 4.78 is 57.3. The predicted octanol–water partition coefficient (Wildman–Crippen LogP) is 2.91. The summed E-state index contributed by atoms with van der Waals surface area (Å²) >= 11 is 0. The fourth-order valence-electron chi connectivity index (χ4n) is 3.23. The van der Waals surface area contributed by atoms with Gasteiger partial charge in [-0.3, -0.25) is 9.05 Å². The molecular weight excluding hydrogens is 438 g/mol. The van der Waals surface area contributed by atoms with Crippen molar-refractivity contribution in [3.8, 4) is 11.5 Å². The molecule has 0 aliphatic carbocycles. The monoisotopic (exact) mass is 458 g/mol. The van der Waals surface area contributed by atoms with Gasteiger partial charge in [0, 0.05) is 0 Å². The van der Waals surface area contributed by atoms with Crippen molar-refractivity contribution in [2.45, 2.75) is 24.4 Å². The Morgan fingerprint density at radius 3 is 1.60 bits per heavy atom. The maximum atomic E-state index is 13.5. The number of phosphoric ester groups is 2. The van der Waals surface area contributed by atoms with E-state index in [2.05, 4.69) is 0 Å². The van der Waals surface area contributed by atoms with Crippen LogP contribution in [0.4, 0.5) is 0 Å². The molecule has 0 bridgehead atoms. The number of benzene rings is 2. The zero-order valence-corrected chi connectivity index (χ0v) is 17.3. The van der Waals surface area contributed by atoms with Crippen LogP contribution in [0.5, 0.6) is 11.5 Å². The average Bonchev–Trinajstić information content (AvgIpc) is 3.25. The van der Waals surface area contributed by atoms with Gasteiger partial charge in [0.15, 0.2) is 0 Å². The van der Waals surface area contributed by atoms with Crippen molar-refractivity contribution in [1.29, 1.82) is 0 Å². The summed E-state index contributed by atoms with van der Waals surface area (Å²) in [6, 6.07) is 16.8. The molecule has 2 fully saturated rings. The Hall–Kier alpha value is -1.74. The van der Waals surface area contributed by atoms with Gasteiger partial charge >= 0.3 is 15.6 Å². The SMILES string of the molecule is O=P(O)(O)OC1COC2C(OP(=O)(Oc3ccccc3)Oc3ccccc3)COC12. The first kappa shape index (κ1) is 21.5. The third-order valence-electron chi connectivity index (χ3n) is 4.42. The smallest absolute Gasteiger partial charge is 0.395 e. The number of fused-ring (bicyclic) bond motifs is 1. The van der Waals surface area contributed by atoms with Crippen LogP contribution in [0.2, 0.25) is 0 Å². The van der Waals surface area contributed by atoms with Crippen LogP contribution < -0.4 is 9.05 Å². The second kappa shape index (κ2) is 8.78. The topological polar surface area (TPSA) is 130 Å². The van der Waals surface area contributed by atoms with E-state index in [1.165, 1.54) is 0 Å². The van der Waals surface area contributed by atoms with Crippen LogP contribution in [0.15, 0.2) is 60.7 Å². The van der Waals surface area contributed by atoms with Gasteiger partial charge in [0.25, 0.3) is 0 Å². The zero-order valence-electron chi connectivity index (χ0n) is 15.6. The minimum absolute atomic E-state index is 0.0450. The summed E-state index contributed by atoms with van der Waals surface area (Å²) in [6.45, 7) is -0.152. The van der Waals surface area contributed by atoms with Crippen molar-refractivity contribution in [2.75, 3.05) is 13.2 Å². The molecular formula is C18H20O10P2. The number of hydrogen-bond acceptors (Lipinski definition) is 8. The first-order valence-electron chi connectivity index (χ1n) is 9.06. The molecule has 12 heteroatoms. The Morgan fingerprint density at radius 1 is 0.733 bits per heavy atom. The van der Waals surface area contributed by atoms with Crippen molar-refractivity contribution in [3.63, 3.8) is 0 Å². The van der Waals surface area contributed by atoms with Gasteiger partial charge in [-0.1, -0.05) is 36.4 Å². The molecule has 2 aromatic rings. The fraction of sp³-hybridized carbons (Fsp3) is 0.333. The normalized spacial score (nSPS) is 26.3. The summed E-state index contributed by atoms with van der Waals surface area (Å²) in [4.78, 5) is 18.1. The largest absolute Gasteiger partial charge is 0.588 e. The number of phosphoric acid groups is 2. The first-order valence-corrected chi connectivity index (χ1v) is 12.1. The molecule has 30 heavy (non-hydrogen) atoms. The number of para-hydroxylation sites is 2. The van der Waals surface area contributed by atoms with Gasteiger partial charge in [-0.15, -0.1) is 0 Å². The summed E-state index contributed by atoms with van der Waals surface area (Å²) in [6.07, 6.45) is -3.38. The van der Waals surface area contributed by atoms with Crippen molar-refractivity contribution in [1.82, 2.24) is 0 Å². The van der Waals surface area contributed by atoms with E-state index in [1.807, 2.05) is 0 Å². The molecule has 0 saturated carbocycles. The fourth-order valence-corrected chi connectivity index (χ4v) is 5.16. The predicted molar refractivity (Wildman–Crippen MR) is 103 cm³/mol. The second-order valence-corrected chi connectivity index (χ2v) is 9.29. The van der Waals surface area contributed by atoms with E-state index in [9.17, 15) is 9.13 Å². The van der Waals surface area contributed by atoms with Crippen LogP contribution >= 0.6 is 15.6 Å². The van der Waals surface area contributed by atoms with E-state index in [0.717, 1.165) is 0 Å². The molecule has 2 N–H and O–H groups in total. The third-order valence-corrected chi connectivity index (χ3v) is 6.36. The third kappa shape index (κ3) is 5.29. The van der Waals surface area contributed by atoms with Gasteiger partial charge in [-0.25, -0.2) is 9.13 Å². The highest BCUT2D eigenvalue weighted by molar-refractivity contribution is 7.49. The van der Waals surface area contributed by atoms with Crippen molar-refractivity contribution in [3.05, 3.63) is 60.7 Å². The molecule has 2 aliphatic heterocycles. The molecule has 4 atom stereocenters. The zero-order chi connectivity index (χ0) is 21.2. The van der Waals surface area contributed by atoms with E-state index in [0.29, 0.717) is 0 Å². The van der Waals surface area contributed by atoms with Gasteiger partial charge in [0.2, 0.25) is 0 Å². The van der Waals surface area contributed by atoms with Gasteiger partial charge in [0.1, 0.15) is 35.9 Å². The molecule has 2 aliphatic rings. The van der Waals surface area contributed by atoms with E-state index in [4.69, 9.17) is 37.4 Å². The molecule has 2 heterocycles. The van der Waals surface area contributed by atoms with Crippen LogP contribution in [0, 0.1) is 0 Å². The summed E-state index contributed by atoms with van der Waals surface area (Å²) in [7, 11) is -8.90. The number of ether oxygens (including phenoxy) is 2. The lowest BCUT2D eigenvalue weighted by atomic mass is 10.1. The van der Waals surface area contributed by atoms with Crippen LogP contribution in [-0.4, -0.2) is 47.4 Å². The Bertz CT molecular complexity index is 889. The summed E-state index contributed by atoms with van der Waals surface area (Å²) in [5.74, 6) is 0.560. The van der Waals surface area contributed by atoms with Crippen LogP contribution in [0.3, 0.4) is 0 Å². The lowest BCUT2D eigenvalue weighted by Crippen LogP contribution is -2.33. The van der Waals surface area contributed by atoms with Crippen molar-refractivity contribution < 1.29 is 46.5 Å². The highest BCUT2D eigenvalue weighted by Crippen LogP contribution is 2.53. The second-order valence-electron chi connectivity index (χ2n) is 6.63. The van der Waals surface area contributed by atoms with Crippen LogP contribution in [0.25, 0.3) is 0 Å². The minimum atomic E-state index is -4.72. The number of rotatable bonds is 8. The molecule has 0 aromatic heterocycles. The van der Waals surface area contributed by atoms with E-state index in [-0.39, 0.29) is 24.7 Å². The standard InChI is InChI=1S/C18H20O10P2/c19-29(20,21)27-15-11-23-18-16(12-24-17(15)18)28-30(22,25-13-7-3-1-4-8-13)26-14-9-5-2-6-10-14/h1-10,15-18H,11-12H2,(H2,19,20,21). The minimum Gasteiger partial charge on any atom is -0.395 e. The molecule has 2 saturated heterocycles. The quantitative estimate of drug-likeness (QED) is 0.570. The van der Waals surface area contributed by atoms with Gasteiger partial charge in [-0.2, -0.15) is 0 Å².